The highest BCUT2D eigenvalue weighted by molar-refractivity contribution is 5.55. The van der Waals surface area contributed by atoms with Crippen LogP contribution in [0.2, 0.25) is 0 Å². The van der Waals surface area contributed by atoms with Crippen LogP contribution in [0, 0.1) is 40.3 Å². The summed E-state index contributed by atoms with van der Waals surface area (Å²) in [4.78, 5) is 0. The minimum Gasteiger partial charge on any atom is -0.388 e. The minimum atomic E-state index is -0.347. The topological polar surface area (TPSA) is 20.2 Å². The molecule has 0 bridgehead atoms. The van der Waals surface area contributed by atoms with E-state index in [-0.39, 0.29) is 17.3 Å². The van der Waals surface area contributed by atoms with E-state index >= 15 is 0 Å². The first-order chi connectivity index (χ1) is 13.4. The van der Waals surface area contributed by atoms with Crippen molar-refractivity contribution in [1.29, 1.82) is 0 Å². The Morgan fingerprint density at radius 2 is 1.71 bits per heavy atom. The van der Waals surface area contributed by atoms with E-state index in [1.807, 2.05) is 12.1 Å². The fourth-order valence-electron chi connectivity index (χ4n) is 8.07. The van der Waals surface area contributed by atoms with Gasteiger partial charge in [0.2, 0.25) is 0 Å². The van der Waals surface area contributed by atoms with Gasteiger partial charge in [0.25, 0.3) is 0 Å². The van der Waals surface area contributed by atoms with Crippen molar-refractivity contribution in [3.05, 3.63) is 41.2 Å². The maximum absolute atomic E-state index is 13.3. The second-order valence-corrected chi connectivity index (χ2v) is 10.8. The van der Waals surface area contributed by atoms with Crippen molar-refractivity contribution in [2.75, 3.05) is 0 Å². The Hall–Kier alpha value is -1.15. The Morgan fingerprint density at radius 1 is 0.929 bits per heavy atom. The molecule has 1 nitrogen and oxygen atoms in total. The third kappa shape index (κ3) is 2.74. The highest BCUT2D eigenvalue weighted by Gasteiger charge is 2.60. The quantitative estimate of drug-likeness (QED) is 0.579. The summed E-state index contributed by atoms with van der Waals surface area (Å²) < 4.78 is 13.3. The van der Waals surface area contributed by atoms with Gasteiger partial charge in [-0.15, -0.1) is 0 Å². The monoisotopic (exact) mass is 382 g/mol. The van der Waals surface area contributed by atoms with E-state index in [0.29, 0.717) is 11.3 Å². The summed E-state index contributed by atoms with van der Waals surface area (Å²) in [5.41, 5.74) is 2.75. The highest BCUT2D eigenvalue weighted by Crippen LogP contribution is 2.67. The van der Waals surface area contributed by atoms with Crippen LogP contribution in [0.25, 0.3) is 6.08 Å². The summed E-state index contributed by atoms with van der Waals surface area (Å²) in [7, 11) is 0. The molecule has 5 unspecified atom stereocenters. The van der Waals surface area contributed by atoms with Crippen LogP contribution in [0.15, 0.2) is 29.8 Å². The van der Waals surface area contributed by atoms with Gasteiger partial charge < -0.3 is 5.11 Å². The van der Waals surface area contributed by atoms with Crippen LogP contribution in [0.4, 0.5) is 4.39 Å². The maximum atomic E-state index is 13.3. The molecule has 0 amide bonds. The molecule has 1 aromatic carbocycles. The number of hydrogen-bond donors (Lipinski definition) is 1. The van der Waals surface area contributed by atoms with Crippen molar-refractivity contribution in [3.63, 3.8) is 0 Å². The molecule has 2 heteroatoms. The molecule has 4 aliphatic carbocycles. The largest absolute Gasteiger partial charge is 0.388 e. The van der Waals surface area contributed by atoms with Gasteiger partial charge in [-0.3, -0.25) is 0 Å². The van der Waals surface area contributed by atoms with Gasteiger partial charge in [-0.25, -0.2) is 4.39 Å². The molecule has 0 spiro atoms. The maximum Gasteiger partial charge on any atom is 0.123 e. The first-order valence-corrected chi connectivity index (χ1v) is 11.6. The lowest BCUT2D eigenvalue weighted by Gasteiger charge is -2.60. The predicted octanol–water partition coefficient (Wildman–Crippen LogP) is 6.61. The van der Waals surface area contributed by atoms with Gasteiger partial charge in [0, 0.05) is 5.41 Å². The van der Waals surface area contributed by atoms with Crippen molar-refractivity contribution < 1.29 is 9.50 Å². The third-order valence-corrected chi connectivity index (χ3v) is 9.67. The van der Waals surface area contributed by atoms with Gasteiger partial charge in [0.15, 0.2) is 0 Å². The van der Waals surface area contributed by atoms with Crippen molar-refractivity contribution in [3.8, 4) is 0 Å². The van der Waals surface area contributed by atoms with E-state index in [1.165, 1.54) is 62.7 Å². The lowest BCUT2D eigenvalue weighted by Crippen LogP contribution is -2.53. The molecule has 5 rings (SSSR count). The Balaban J connectivity index is 1.45. The zero-order valence-electron chi connectivity index (χ0n) is 17.5. The molecule has 4 fully saturated rings. The molecular formula is C26H35FO. The fourth-order valence-corrected chi connectivity index (χ4v) is 8.07. The number of aliphatic hydroxyl groups is 1. The van der Waals surface area contributed by atoms with Crippen LogP contribution >= 0.6 is 0 Å². The van der Waals surface area contributed by atoms with E-state index in [1.54, 1.807) is 0 Å². The molecule has 0 saturated heterocycles. The van der Waals surface area contributed by atoms with Gasteiger partial charge in [-0.1, -0.05) is 44.9 Å². The zero-order chi connectivity index (χ0) is 19.5. The zero-order valence-corrected chi connectivity index (χ0v) is 17.5. The Labute approximate surface area is 169 Å². The van der Waals surface area contributed by atoms with E-state index in [9.17, 15) is 9.50 Å². The molecule has 0 aromatic heterocycles. The van der Waals surface area contributed by atoms with E-state index < -0.39 is 0 Å². The molecule has 28 heavy (non-hydrogen) atoms. The van der Waals surface area contributed by atoms with Gasteiger partial charge in [0.05, 0.1) is 6.10 Å². The SMILES string of the molecule is C[C@]12CCCCC1CCC1C2CC[C@]2(C)C(O)/C(=C/c3ccc(F)cc3)CC12. The molecular weight excluding hydrogens is 347 g/mol. The Morgan fingerprint density at radius 3 is 2.50 bits per heavy atom. The van der Waals surface area contributed by atoms with E-state index in [2.05, 4.69) is 19.9 Å². The number of benzene rings is 1. The second kappa shape index (κ2) is 6.69. The van der Waals surface area contributed by atoms with Crippen molar-refractivity contribution in [1.82, 2.24) is 0 Å². The average molecular weight is 383 g/mol. The molecule has 1 aromatic rings. The summed E-state index contributed by atoms with van der Waals surface area (Å²) in [5, 5.41) is 11.3. The van der Waals surface area contributed by atoms with E-state index in [4.69, 9.17) is 0 Å². The third-order valence-electron chi connectivity index (χ3n) is 9.67. The van der Waals surface area contributed by atoms with Crippen LogP contribution in [0.1, 0.15) is 77.2 Å². The van der Waals surface area contributed by atoms with Gasteiger partial charge in [0.1, 0.15) is 5.82 Å². The first-order valence-electron chi connectivity index (χ1n) is 11.6. The van der Waals surface area contributed by atoms with Crippen LogP contribution < -0.4 is 0 Å². The van der Waals surface area contributed by atoms with Crippen molar-refractivity contribution >= 4 is 6.08 Å². The van der Waals surface area contributed by atoms with Gasteiger partial charge in [-0.2, -0.15) is 0 Å². The van der Waals surface area contributed by atoms with E-state index in [0.717, 1.165) is 36.2 Å². The lowest BCUT2D eigenvalue weighted by atomic mass is 9.45. The first kappa shape index (κ1) is 18.9. The number of hydrogen-bond acceptors (Lipinski definition) is 1. The molecule has 0 aliphatic heterocycles. The van der Waals surface area contributed by atoms with Crippen LogP contribution in [-0.4, -0.2) is 11.2 Å². The molecule has 1 N–H and O–H groups in total. The van der Waals surface area contributed by atoms with Crippen LogP contribution in [0.5, 0.6) is 0 Å². The average Bonchev–Trinajstić information content (AvgIpc) is 2.94. The molecule has 0 heterocycles. The normalized spacial score (nSPS) is 46.7. The number of fused-ring (bicyclic) bond motifs is 5. The fraction of sp³-hybridized carbons (Fsp3) is 0.692. The summed E-state index contributed by atoms with van der Waals surface area (Å²) in [6.45, 7) is 4.95. The summed E-state index contributed by atoms with van der Waals surface area (Å²) in [6.07, 6.45) is 13.7. The predicted molar refractivity (Wildman–Crippen MR) is 112 cm³/mol. The van der Waals surface area contributed by atoms with Crippen molar-refractivity contribution in [2.45, 2.75) is 77.7 Å². The van der Waals surface area contributed by atoms with Crippen LogP contribution in [0.3, 0.4) is 0 Å². The van der Waals surface area contributed by atoms with Crippen molar-refractivity contribution in [2.24, 2.45) is 34.5 Å². The number of halogens is 1. The van der Waals surface area contributed by atoms with Gasteiger partial charge >= 0.3 is 0 Å². The summed E-state index contributed by atoms with van der Waals surface area (Å²) in [5.74, 6) is 2.96. The number of rotatable bonds is 1. The Kier molecular flexibility index (Phi) is 4.50. The smallest absolute Gasteiger partial charge is 0.123 e. The standard InChI is InChI=1S/C26H35FO/c1-25-13-4-3-5-19(25)8-11-21-22(25)12-14-26(2)23(21)16-18(24(26)28)15-17-6-9-20(27)10-7-17/h6-7,9-10,15,19,21-24,28H,3-5,8,11-14,16H2,1-2H3/b18-15+/t19?,21?,22?,23?,24?,25-,26-/m0/s1. The molecule has 7 atom stereocenters. The Bertz CT molecular complexity index is 767. The molecule has 152 valence electrons. The number of aliphatic hydroxyl groups excluding tert-OH is 1. The van der Waals surface area contributed by atoms with Crippen LogP contribution in [-0.2, 0) is 0 Å². The summed E-state index contributed by atoms with van der Waals surface area (Å²) in [6, 6.07) is 6.69. The molecule has 0 radical (unpaired) electrons. The second-order valence-electron chi connectivity index (χ2n) is 10.8. The highest BCUT2D eigenvalue weighted by atomic mass is 19.1. The molecule has 4 aliphatic rings. The lowest BCUT2D eigenvalue weighted by molar-refractivity contribution is -0.119. The molecule has 4 saturated carbocycles. The minimum absolute atomic E-state index is 0.0187. The van der Waals surface area contributed by atoms with Gasteiger partial charge in [-0.05, 0) is 97.3 Å². The summed E-state index contributed by atoms with van der Waals surface area (Å²) >= 11 is 0.